The Balaban J connectivity index is 2.52. The first-order chi connectivity index (χ1) is 9.32. The first kappa shape index (κ1) is 15.5. The van der Waals surface area contributed by atoms with E-state index in [0.717, 1.165) is 0 Å². The molecule has 0 aliphatic rings. The molecule has 0 bridgehead atoms. The number of urea groups is 1. The van der Waals surface area contributed by atoms with E-state index in [-0.39, 0.29) is 6.54 Å². The summed E-state index contributed by atoms with van der Waals surface area (Å²) in [6, 6.07) is 6.15. The largest absolute Gasteiger partial charge is 0.481 e. The van der Waals surface area contributed by atoms with Gasteiger partial charge in [0.15, 0.2) is 0 Å². The van der Waals surface area contributed by atoms with Crippen LogP contribution < -0.4 is 10.6 Å². The maximum Gasteiger partial charge on any atom is 0.319 e. The van der Waals surface area contributed by atoms with E-state index in [1.165, 1.54) is 6.92 Å². The summed E-state index contributed by atoms with van der Waals surface area (Å²) in [5.74, 6) is 1.30. The zero-order valence-corrected chi connectivity index (χ0v) is 11.0. The second-order valence-corrected chi connectivity index (χ2v) is 4.60. The summed E-state index contributed by atoms with van der Waals surface area (Å²) in [5.41, 5.74) is -0.374. The molecule has 1 unspecified atom stereocenters. The molecule has 1 aromatic carbocycles. The molecule has 4 N–H and O–H groups in total. The van der Waals surface area contributed by atoms with Crippen molar-refractivity contribution in [3.63, 3.8) is 0 Å². The Bertz CT molecular complexity index is 546. The molecule has 1 atom stereocenters. The lowest BCUT2D eigenvalue weighted by atomic mass is 10.0. The summed E-state index contributed by atoms with van der Waals surface area (Å²) in [4.78, 5) is 22.1. The van der Waals surface area contributed by atoms with Gasteiger partial charge in [0, 0.05) is 17.8 Å². The third-order valence-corrected chi connectivity index (χ3v) is 2.45. The molecule has 106 valence electrons. The Kier molecular flexibility index (Phi) is 5.12. The molecule has 0 spiro atoms. The summed E-state index contributed by atoms with van der Waals surface area (Å²) < 4.78 is 0. The third-order valence-electron chi connectivity index (χ3n) is 2.45. The van der Waals surface area contributed by atoms with Crippen LogP contribution in [0, 0.1) is 12.3 Å². The minimum atomic E-state index is -1.51. The number of hydrogen-bond acceptors (Lipinski definition) is 3. The van der Waals surface area contributed by atoms with Gasteiger partial charge in [0.25, 0.3) is 0 Å². The van der Waals surface area contributed by atoms with Gasteiger partial charge in [-0.3, -0.25) is 4.79 Å². The molecule has 1 aromatic rings. The van der Waals surface area contributed by atoms with Crippen LogP contribution in [-0.2, 0) is 4.79 Å². The summed E-state index contributed by atoms with van der Waals surface area (Å²) >= 11 is 0. The predicted octanol–water partition coefficient (Wildman–Crippen LogP) is 1.02. The number of aliphatic hydroxyl groups is 1. The molecule has 2 amide bonds. The highest BCUT2D eigenvalue weighted by Gasteiger charge is 2.24. The van der Waals surface area contributed by atoms with Crippen molar-refractivity contribution >= 4 is 17.7 Å². The summed E-state index contributed by atoms with van der Waals surface area (Å²) in [5, 5.41) is 23.3. The van der Waals surface area contributed by atoms with Crippen molar-refractivity contribution in [1.29, 1.82) is 0 Å². The zero-order valence-electron chi connectivity index (χ0n) is 11.0. The molecule has 0 aromatic heterocycles. The van der Waals surface area contributed by atoms with Gasteiger partial charge < -0.3 is 20.8 Å². The van der Waals surface area contributed by atoms with E-state index in [2.05, 4.69) is 16.6 Å². The van der Waals surface area contributed by atoms with Crippen LogP contribution in [0.1, 0.15) is 18.9 Å². The fourth-order valence-electron chi connectivity index (χ4n) is 1.52. The van der Waals surface area contributed by atoms with Crippen molar-refractivity contribution < 1.29 is 19.8 Å². The van der Waals surface area contributed by atoms with Gasteiger partial charge in [0.1, 0.15) is 0 Å². The number of carbonyl (C=O) groups excluding carboxylic acids is 1. The van der Waals surface area contributed by atoms with Gasteiger partial charge in [-0.25, -0.2) is 4.79 Å². The van der Waals surface area contributed by atoms with E-state index in [1.54, 1.807) is 24.3 Å². The number of amides is 2. The smallest absolute Gasteiger partial charge is 0.319 e. The highest BCUT2D eigenvalue weighted by atomic mass is 16.4. The van der Waals surface area contributed by atoms with E-state index in [0.29, 0.717) is 11.3 Å². The van der Waals surface area contributed by atoms with Crippen molar-refractivity contribution in [1.82, 2.24) is 5.32 Å². The Morgan fingerprint density at radius 2 is 2.15 bits per heavy atom. The summed E-state index contributed by atoms with van der Waals surface area (Å²) in [6.07, 6.45) is 4.79. The number of rotatable bonds is 5. The molecular weight excluding hydrogens is 260 g/mol. The van der Waals surface area contributed by atoms with Crippen LogP contribution in [0.15, 0.2) is 24.3 Å². The van der Waals surface area contributed by atoms with Gasteiger partial charge in [-0.1, -0.05) is 12.0 Å². The minimum absolute atomic E-state index is 0.181. The fraction of sp³-hybridized carbons (Fsp3) is 0.286. The van der Waals surface area contributed by atoms with E-state index in [4.69, 9.17) is 11.5 Å². The number of anilines is 1. The first-order valence-corrected chi connectivity index (χ1v) is 5.88. The number of terminal acetylenes is 1. The number of benzene rings is 1. The van der Waals surface area contributed by atoms with Crippen molar-refractivity contribution in [3.05, 3.63) is 29.8 Å². The van der Waals surface area contributed by atoms with E-state index >= 15 is 0 Å². The predicted molar refractivity (Wildman–Crippen MR) is 74.3 cm³/mol. The number of carboxylic acid groups (broad SMARTS) is 1. The SMILES string of the molecule is C#Cc1cccc(NC(=O)NCC(C)(O)CC(=O)O)c1. The molecule has 0 radical (unpaired) electrons. The van der Waals surface area contributed by atoms with Crippen LogP contribution in [0.3, 0.4) is 0 Å². The molecule has 0 aliphatic carbocycles. The maximum absolute atomic E-state index is 11.6. The number of carbonyl (C=O) groups is 2. The highest BCUT2D eigenvalue weighted by molar-refractivity contribution is 5.89. The van der Waals surface area contributed by atoms with Gasteiger partial charge in [0.2, 0.25) is 0 Å². The van der Waals surface area contributed by atoms with Crippen LogP contribution >= 0.6 is 0 Å². The topological polar surface area (TPSA) is 98.7 Å². The number of aliphatic carboxylic acids is 1. The van der Waals surface area contributed by atoms with Crippen LogP contribution in [0.4, 0.5) is 10.5 Å². The molecule has 1 rings (SSSR count). The Labute approximate surface area is 116 Å². The first-order valence-electron chi connectivity index (χ1n) is 5.88. The van der Waals surface area contributed by atoms with Gasteiger partial charge in [-0.15, -0.1) is 6.42 Å². The molecule has 0 saturated heterocycles. The van der Waals surface area contributed by atoms with Crippen molar-refractivity contribution in [2.24, 2.45) is 0 Å². The van der Waals surface area contributed by atoms with E-state index in [1.807, 2.05) is 0 Å². The second-order valence-electron chi connectivity index (χ2n) is 4.60. The minimum Gasteiger partial charge on any atom is -0.481 e. The van der Waals surface area contributed by atoms with E-state index in [9.17, 15) is 14.7 Å². The highest BCUT2D eigenvalue weighted by Crippen LogP contribution is 2.10. The van der Waals surface area contributed by atoms with Gasteiger partial charge in [0.05, 0.1) is 12.0 Å². The normalized spacial score (nSPS) is 12.8. The zero-order chi connectivity index (χ0) is 15.2. The molecule has 0 aliphatic heterocycles. The lowest BCUT2D eigenvalue weighted by Crippen LogP contribution is -2.43. The van der Waals surface area contributed by atoms with Crippen molar-refractivity contribution in [2.45, 2.75) is 18.9 Å². The van der Waals surface area contributed by atoms with E-state index < -0.39 is 24.0 Å². The Hall–Kier alpha value is -2.52. The number of nitrogens with one attached hydrogen (secondary N) is 2. The molecule has 0 fully saturated rings. The second kappa shape index (κ2) is 6.59. The Morgan fingerprint density at radius 1 is 1.45 bits per heavy atom. The molecule has 20 heavy (non-hydrogen) atoms. The average Bonchev–Trinajstić information content (AvgIpc) is 2.35. The number of hydrogen-bond donors (Lipinski definition) is 4. The van der Waals surface area contributed by atoms with Crippen LogP contribution in [-0.4, -0.2) is 34.4 Å². The number of carboxylic acids is 1. The van der Waals surface area contributed by atoms with Crippen LogP contribution in [0.25, 0.3) is 0 Å². The van der Waals surface area contributed by atoms with Crippen molar-refractivity contribution in [2.75, 3.05) is 11.9 Å². The average molecular weight is 276 g/mol. The quantitative estimate of drug-likeness (QED) is 0.603. The maximum atomic E-state index is 11.6. The van der Waals surface area contributed by atoms with Crippen molar-refractivity contribution in [3.8, 4) is 12.3 Å². The third kappa shape index (κ3) is 5.42. The van der Waals surface area contributed by atoms with Crippen LogP contribution in [0.2, 0.25) is 0 Å². The summed E-state index contributed by atoms with van der Waals surface area (Å²) in [7, 11) is 0. The monoisotopic (exact) mass is 276 g/mol. The summed E-state index contributed by atoms with van der Waals surface area (Å²) in [6.45, 7) is 1.15. The lowest BCUT2D eigenvalue weighted by Gasteiger charge is -2.21. The molecule has 0 saturated carbocycles. The van der Waals surface area contributed by atoms with Gasteiger partial charge in [-0.05, 0) is 25.1 Å². The molecular formula is C14H16N2O4. The van der Waals surface area contributed by atoms with Gasteiger partial charge in [-0.2, -0.15) is 0 Å². The van der Waals surface area contributed by atoms with Crippen LogP contribution in [0.5, 0.6) is 0 Å². The molecule has 0 heterocycles. The molecule has 6 nitrogen and oxygen atoms in total. The van der Waals surface area contributed by atoms with Gasteiger partial charge >= 0.3 is 12.0 Å². The Morgan fingerprint density at radius 3 is 2.75 bits per heavy atom. The standard InChI is InChI=1S/C14H16N2O4/c1-3-10-5-4-6-11(7-10)16-13(19)15-9-14(2,20)8-12(17)18/h1,4-7,20H,8-9H2,2H3,(H,17,18)(H2,15,16,19). The lowest BCUT2D eigenvalue weighted by molar-refractivity contribution is -0.141. The fourth-order valence-corrected chi connectivity index (χ4v) is 1.52. The molecule has 6 heteroatoms.